The number of ether oxygens (including phenoxy) is 2. The number of anilines is 1. The molecule has 1 N–H and O–H groups in total. The highest BCUT2D eigenvalue weighted by Gasteiger charge is 2.20. The van der Waals surface area contributed by atoms with Gasteiger partial charge in [-0.05, 0) is 25.1 Å². The summed E-state index contributed by atoms with van der Waals surface area (Å²) in [5.41, 5.74) is 2.11. The van der Waals surface area contributed by atoms with Gasteiger partial charge in [0.25, 0.3) is 5.91 Å². The van der Waals surface area contributed by atoms with Gasteiger partial charge in [0.15, 0.2) is 16.6 Å². The molecule has 2 heterocycles. The lowest BCUT2D eigenvalue weighted by atomic mass is 10.1. The van der Waals surface area contributed by atoms with Crippen LogP contribution in [0.5, 0.6) is 11.5 Å². The molecule has 0 fully saturated rings. The predicted octanol–water partition coefficient (Wildman–Crippen LogP) is 3.76. The highest BCUT2D eigenvalue weighted by Crippen LogP contribution is 2.34. The monoisotopic (exact) mass is 437 g/mol. The third-order valence-electron chi connectivity index (χ3n) is 4.88. The van der Waals surface area contributed by atoms with Crippen LogP contribution in [-0.4, -0.2) is 41.5 Å². The van der Waals surface area contributed by atoms with Crippen LogP contribution in [0.3, 0.4) is 0 Å². The molecule has 31 heavy (non-hydrogen) atoms. The first kappa shape index (κ1) is 20.9. The van der Waals surface area contributed by atoms with Crippen molar-refractivity contribution in [1.29, 1.82) is 0 Å². The third-order valence-corrected chi connectivity index (χ3v) is 5.69. The number of carbonyl (C=O) groups is 2. The Bertz CT molecular complexity index is 1070. The van der Waals surface area contributed by atoms with Gasteiger partial charge < -0.3 is 14.4 Å². The zero-order valence-electron chi connectivity index (χ0n) is 17.2. The fourth-order valence-corrected chi connectivity index (χ4v) is 4.02. The van der Waals surface area contributed by atoms with Crippen LogP contribution < -0.4 is 14.8 Å². The Morgan fingerprint density at radius 2 is 1.90 bits per heavy atom. The molecule has 0 atom stereocenters. The minimum atomic E-state index is -0.223. The van der Waals surface area contributed by atoms with Crippen molar-refractivity contribution in [3.05, 3.63) is 70.7 Å². The maximum atomic E-state index is 12.9. The number of fused-ring (bicyclic) bond motifs is 1. The topological polar surface area (TPSA) is 80.8 Å². The molecular weight excluding hydrogens is 414 g/mol. The number of rotatable bonds is 7. The molecule has 3 aromatic rings. The van der Waals surface area contributed by atoms with Crippen LogP contribution >= 0.6 is 11.3 Å². The SMILES string of the molecule is CCN(Cc1cccc2c1OCCO2)C(=O)Cc1csc(NC(=O)c2ccccc2)n1. The van der Waals surface area contributed by atoms with E-state index in [1.165, 1.54) is 11.3 Å². The van der Waals surface area contributed by atoms with Gasteiger partial charge in [-0.15, -0.1) is 11.3 Å². The van der Waals surface area contributed by atoms with Crippen molar-refractivity contribution in [2.24, 2.45) is 0 Å². The van der Waals surface area contributed by atoms with Gasteiger partial charge in [0, 0.05) is 29.6 Å². The second-order valence-electron chi connectivity index (χ2n) is 6.99. The van der Waals surface area contributed by atoms with Gasteiger partial charge >= 0.3 is 0 Å². The summed E-state index contributed by atoms with van der Waals surface area (Å²) in [7, 11) is 0. The minimum Gasteiger partial charge on any atom is -0.486 e. The van der Waals surface area contributed by atoms with Gasteiger partial charge in [-0.2, -0.15) is 0 Å². The third kappa shape index (κ3) is 5.03. The minimum absolute atomic E-state index is 0.0388. The maximum Gasteiger partial charge on any atom is 0.257 e. The number of hydrogen-bond donors (Lipinski definition) is 1. The summed E-state index contributed by atoms with van der Waals surface area (Å²) in [4.78, 5) is 31.3. The molecule has 0 aliphatic carbocycles. The van der Waals surface area contributed by atoms with E-state index in [1.54, 1.807) is 34.5 Å². The molecule has 1 aliphatic heterocycles. The van der Waals surface area contributed by atoms with Crippen LogP contribution in [0, 0.1) is 0 Å². The van der Waals surface area contributed by atoms with Crippen LogP contribution in [0.4, 0.5) is 5.13 Å². The first-order valence-electron chi connectivity index (χ1n) is 10.1. The zero-order chi connectivity index (χ0) is 21.6. The van der Waals surface area contributed by atoms with E-state index in [-0.39, 0.29) is 18.2 Å². The van der Waals surface area contributed by atoms with E-state index in [2.05, 4.69) is 10.3 Å². The first-order valence-corrected chi connectivity index (χ1v) is 11.0. The number of benzene rings is 2. The Kier molecular flexibility index (Phi) is 6.47. The highest BCUT2D eigenvalue weighted by atomic mass is 32.1. The van der Waals surface area contributed by atoms with E-state index in [9.17, 15) is 9.59 Å². The quantitative estimate of drug-likeness (QED) is 0.609. The second-order valence-corrected chi connectivity index (χ2v) is 7.85. The second kappa shape index (κ2) is 9.61. The number of para-hydroxylation sites is 1. The summed E-state index contributed by atoms with van der Waals surface area (Å²) in [6, 6.07) is 14.7. The Morgan fingerprint density at radius 1 is 1.10 bits per heavy atom. The lowest BCUT2D eigenvalue weighted by Gasteiger charge is -2.25. The van der Waals surface area contributed by atoms with Crippen molar-refractivity contribution in [2.75, 3.05) is 25.1 Å². The molecule has 2 aromatic carbocycles. The molecule has 7 nitrogen and oxygen atoms in total. The molecule has 0 bridgehead atoms. The molecule has 0 saturated heterocycles. The van der Waals surface area contributed by atoms with E-state index in [0.717, 1.165) is 5.56 Å². The average Bonchev–Trinajstić information content (AvgIpc) is 3.24. The molecule has 2 amide bonds. The molecule has 160 valence electrons. The number of carbonyl (C=O) groups excluding carboxylic acids is 2. The molecule has 0 radical (unpaired) electrons. The van der Waals surface area contributed by atoms with Crippen LogP contribution in [0.15, 0.2) is 53.9 Å². The molecule has 0 spiro atoms. The number of nitrogens with one attached hydrogen (secondary N) is 1. The van der Waals surface area contributed by atoms with E-state index in [4.69, 9.17) is 9.47 Å². The van der Waals surface area contributed by atoms with Crippen molar-refractivity contribution < 1.29 is 19.1 Å². The number of nitrogens with zero attached hydrogens (tertiary/aromatic N) is 2. The fourth-order valence-electron chi connectivity index (χ4n) is 3.31. The smallest absolute Gasteiger partial charge is 0.257 e. The predicted molar refractivity (Wildman–Crippen MR) is 119 cm³/mol. The number of hydrogen-bond acceptors (Lipinski definition) is 6. The summed E-state index contributed by atoms with van der Waals surface area (Å²) in [5.74, 6) is 1.16. The largest absolute Gasteiger partial charge is 0.486 e. The van der Waals surface area contributed by atoms with Gasteiger partial charge in [-0.3, -0.25) is 14.9 Å². The van der Waals surface area contributed by atoms with Crippen LogP contribution in [0.2, 0.25) is 0 Å². The number of thiazole rings is 1. The van der Waals surface area contributed by atoms with Crippen molar-refractivity contribution in [3.8, 4) is 11.5 Å². The number of aromatic nitrogens is 1. The molecule has 4 rings (SSSR count). The van der Waals surface area contributed by atoms with Crippen LogP contribution in [-0.2, 0) is 17.8 Å². The normalized spacial score (nSPS) is 12.3. The summed E-state index contributed by atoms with van der Waals surface area (Å²) in [5, 5.41) is 5.06. The van der Waals surface area contributed by atoms with E-state index < -0.39 is 0 Å². The highest BCUT2D eigenvalue weighted by molar-refractivity contribution is 7.14. The van der Waals surface area contributed by atoms with Crippen molar-refractivity contribution in [1.82, 2.24) is 9.88 Å². The summed E-state index contributed by atoms with van der Waals surface area (Å²) in [6.45, 7) is 3.96. The van der Waals surface area contributed by atoms with Gasteiger partial charge in [0.05, 0.1) is 12.1 Å². The summed E-state index contributed by atoms with van der Waals surface area (Å²) >= 11 is 1.31. The molecule has 1 aliphatic rings. The molecular formula is C23H23N3O4S. The summed E-state index contributed by atoms with van der Waals surface area (Å²) in [6.07, 6.45) is 0.165. The average molecular weight is 438 g/mol. The van der Waals surface area contributed by atoms with Gasteiger partial charge in [0.1, 0.15) is 13.2 Å². The lowest BCUT2D eigenvalue weighted by Crippen LogP contribution is -2.32. The Morgan fingerprint density at radius 3 is 2.71 bits per heavy atom. The molecule has 8 heteroatoms. The molecule has 1 aromatic heterocycles. The zero-order valence-corrected chi connectivity index (χ0v) is 18.0. The van der Waals surface area contributed by atoms with Gasteiger partial charge in [0.2, 0.25) is 5.91 Å². The Labute approximate surface area is 184 Å². The molecule has 0 saturated carbocycles. The maximum absolute atomic E-state index is 12.9. The van der Waals surface area contributed by atoms with E-state index in [0.29, 0.717) is 54.2 Å². The van der Waals surface area contributed by atoms with Crippen molar-refractivity contribution >= 4 is 28.3 Å². The lowest BCUT2D eigenvalue weighted by molar-refractivity contribution is -0.130. The number of amides is 2. The summed E-state index contributed by atoms with van der Waals surface area (Å²) < 4.78 is 11.4. The van der Waals surface area contributed by atoms with Crippen molar-refractivity contribution in [2.45, 2.75) is 19.9 Å². The van der Waals surface area contributed by atoms with E-state index in [1.807, 2.05) is 31.2 Å². The van der Waals surface area contributed by atoms with Crippen LogP contribution in [0.1, 0.15) is 28.5 Å². The first-order chi connectivity index (χ1) is 15.1. The number of likely N-dealkylation sites (N-methyl/N-ethyl adjacent to an activating group) is 1. The van der Waals surface area contributed by atoms with Gasteiger partial charge in [-0.1, -0.05) is 30.3 Å². The molecule has 0 unspecified atom stereocenters. The standard InChI is InChI=1S/C23H23N3O4S/c1-2-26(14-17-9-6-10-19-21(17)30-12-11-29-19)20(27)13-18-15-31-23(24-18)25-22(28)16-7-4-3-5-8-16/h3-10,15H,2,11-14H2,1H3,(H,24,25,28). The Balaban J connectivity index is 1.39. The van der Waals surface area contributed by atoms with Crippen molar-refractivity contribution in [3.63, 3.8) is 0 Å². The Hall–Kier alpha value is -3.39. The van der Waals surface area contributed by atoms with Gasteiger partial charge in [-0.25, -0.2) is 4.98 Å². The van der Waals surface area contributed by atoms with Crippen LogP contribution in [0.25, 0.3) is 0 Å². The fraction of sp³-hybridized carbons (Fsp3) is 0.261. The van der Waals surface area contributed by atoms with E-state index >= 15 is 0 Å².